The molecule has 4 nitrogen and oxygen atoms in total. The molecule has 5 heteroatoms. The first-order chi connectivity index (χ1) is 10.1. The predicted octanol–water partition coefficient (Wildman–Crippen LogP) is 4.14. The van der Waals surface area contributed by atoms with Crippen LogP contribution < -0.4 is 0 Å². The summed E-state index contributed by atoms with van der Waals surface area (Å²) in [4.78, 5) is 0. The Bertz CT molecular complexity index is 441. The van der Waals surface area contributed by atoms with Gasteiger partial charge in [-0.15, -0.1) is 0 Å². The Morgan fingerprint density at radius 1 is 1.38 bits per heavy atom. The molecule has 0 saturated heterocycles. The van der Waals surface area contributed by atoms with Crippen molar-refractivity contribution in [3.63, 3.8) is 0 Å². The van der Waals surface area contributed by atoms with Crippen LogP contribution in [-0.4, -0.2) is 27.6 Å². The highest BCUT2D eigenvalue weighted by Crippen LogP contribution is 2.37. The quantitative estimate of drug-likeness (QED) is 0.858. The summed E-state index contributed by atoms with van der Waals surface area (Å²) in [5, 5.41) is 15.7. The van der Waals surface area contributed by atoms with E-state index in [4.69, 9.17) is 16.3 Å². The molecule has 0 spiro atoms. The van der Waals surface area contributed by atoms with Crippen molar-refractivity contribution in [2.24, 2.45) is 5.92 Å². The van der Waals surface area contributed by atoms with Gasteiger partial charge in [0, 0.05) is 12.6 Å². The third-order valence-electron chi connectivity index (χ3n) is 4.34. The molecule has 0 bridgehead atoms. The summed E-state index contributed by atoms with van der Waals surface area (Å²) in [6, 6.07) is 0.163. The summed E-state index contributed by atoms with van der Waals surface area (Å²) < 4.78 is 7.71. The zero-order valence-electron chi connectivity index (χ0n) is 13.3. The van der Waals surface area contributed by atoms with Crippen molar-refractivity contribution in [2.75, 3.05) is 6.61 Å². The van der Waals surface area contributed by atoms with Gasteiger partial charge < -0.3 is 9.84 Å². The first kappa shape index (κ1) is 16.8. The molecule has 1 aliphatic carbocycles. The Hall–Kier alpha value is -0.580. The van der Waals surface area contributed by atoms with Crippen LogP contribution in [0.2, 0.25) is 5.02 Å². The van der Waals surface area contributed by atoms with Gasteiger partial charge in [-0.3, -0.25) is 4.68 Å². The highest BCUT2D eigenvalue weighted by molar-refractivity contribution is 6.31. The Morgan fingerprint density at radius 2 is 2.05 bits per heavy atom. The van der Waals surface area contributed by atoms with E-state index in [-0.39, 0.29) is 12.1 Å². The largest absolute Gasteiger partial charge is 0.384 e. The minimum absolute atomic E-state index is 0.163. The van der Waals surface area contributed by atoms with Crippen LogP contribution in [0, 0.1) is 5.92 Å². The van der Waals surface area contributed by atoms with Gasteiger partial charge in [0.2, 0.25) is 0 Å². The molecule has 1 aromatic heterocycles. The lowest BCUT2D eigenvalue weighted by Crippen LogP contribution is -2.34. The molecule has 1 fully saturated rings. The zero-order valence-corrected chi connectivity index (χ0v) is 14.0. The van der Waals surface area contributed by atoms with Gasteiger partial charge in [0.15, 0.2) is 0 Å². The second kappa shape index (κ2) is 7.61. The molecular formula is C16H27ClN2O2. The molecule has 0 aromatic carbocycles. The average molecular weight is 315 g/mol. The third kappa shape index (κ3) is 3.79. The topological polar surface area (TPSA) is 47.3 Å². The minimum atomic E-state index is -0.717. The number of ether oxygens (including phenoxy) is 1. The number of aliphatic hydroxyl groups excluding tert-OH is 1. The van der Waals surface area contributed by atoms with Crippen molar-refractivity contribution >= 4 is 11.6 Å². The Morgan fingerprint density at radius 3 is 2.62 bits per heavy atom. The highest BCUT2D eigenvalue weighted by atomic mass is 35.5. The number of aromatic nitrogens is 2. The van der Waals surface area contributed by atoms with Crippen molar-refractivity contribution in [2.45, 2.75) is 71.1 Å². The summed E-state index contributed by atoms with van der Waals surface area (Å²) in [5.74, 6) is 0.403. The van der Waals surface area contributed by atoms with Crippen LogP contribution in [-0.2, 0) is 4.74 Å². The zero-order chi connectivity index (χ0) is 15.4. The number of hydrogen-bond donors (Lipinski definition) is 1. The summed E-state index contributed by atoms with van der Waals surface area (Å²) >= 11 is 6.27. The molecule has 120 valence electrons. The van der Waals surface area contributed by atoms with Crippen LogP contribution in [0.4, 0.5) is 0 Å². The second-order valence-corrected chi connectivity index (χ2v) is 6.59. The van der Waals surface area contributed by atoms with E-state index in [9.17, 15) is 5.11 Å². The fourth-order valence-electron chi connectivity index (χ4n) is 3.33. The van der Waals surface area contributed by atoms with E-state index in [1.807, 2.05) is 25.5 Å². The molecule has 1 aliphatic rings. The van der Waals surface area contributed by atoms with Crippen molar-refractivity contribution in [3.05, 3.63) is 16.9 Å². The predicted molar refractivity (Wildman–Crippen MR) is 84.6 cm³/mol. The van der Waals surface area contributed by atoms with E-state index >= 15 is 0 Å². The molecule has 1 heterocycles. The summed E-state index contributed by atoms with van der Waals surface area (Å²) in [6.07, 6.45) is 6.67. The number of aliphatic hydroxyl groups is 1. The molecule has 2 atom stereocenters. The van der Waals surface area contributed by atoms with Gasteiger partial charge in [-0.2, -0.15) is 5.10 Å². The van der Waals surface area contributed by atoms with Gasteiger partial charge >= 0.3 is 0 Å². The van der Waals surface area contributed by atoms with E-state index in [1.165, 1.54) is 19.3 Å². The van der Waals surface area contributed by atoms with Crippen LogP contribution in [0.15, 0.2) is 6.20 Å². The van der Waals surface area contributed by atoms with Crippen LogP contribution in [0.3, 0.4) is 0 Å². The minimum Gasteiger partial charge on any atom is -0.384 e. The van der Waals surface area contributed by atoms with E-state index in [1.54, 1.807) is 6.20 Å². The number of hydrogen-bond acceptors (Lipinski definition) is 3. The lowest BCUT2D eigenvalue weighted by molar-refractivity contribution is -0.0770. The second-order valence-electron chi connectivity index (χ2n) is 6.18. The van der Waals surface area contributed by atoms with E-state index in [0.717, 1.165) is 12.8 Å². The van der Waals surface area contributed by atoms with Gasteiger partial charge in [-0.25, -0.2) is 0 Å². The summed E-state index contributed by atoms with van der Waals surface area (Å²) in [6.45, 7) is 6.65. The highest BCUT2D eigenvalue weighted by Gasteiger charge is 2.34. The Kier molecular flexibility index (Phi) is 6.08. The first-order valence-electron chi connectivity index (χ1n) is 8.08. The summed E-state index contributed by atoms with van der Waals surface area (Å²) in [7, 11) is 0. The van der Waals surface area contributed by atoms with Crippen LogP contribution in [0.25, 0.3) is 0 Å². The first-order valence-corrected chi connectivity index (χ1v) is 8.46. The third-order valence-corrected chi connectivity index (χ3v) is 4.63. The SMILES string of the molecule is CCOC(C1CCCCC1)C(O)c1c(Cl)cnn1C(C)C. The Balaban J connectivity index is 2.25. The number of rotatable bonds is 6. The molecular weight excluding hydrogens is 288 g/mol. The standard InChI is InChI=1S/C16H27ClN2O2/c1-4-21-16(12-8-6-5-7-9-12)15(20)14-13(17)10-18-19(14)11(2)3/h10-12,15-16,20H,4-9H2,1-3H3. The summed E-state index contributed by atoms with van der Waals surface area (Å²) in [5.41, 5.74) is 0.690. The average Bonchev–Trinajstić information content (AvgIpc) is 2.87. The lowest BCUT2D eigenvalue weighted by Gasteiger charge is -2.33. The number of nitrogens with zero attached hydrogens (tertiary/aromatic N) is 2. The van der Waals surface area contributed by atoms with Crippen LogP contribution >= 0.6 is 11.6 Å². The van der Waals surface area contributed by atoms with Gasteiger partial charge in [-0.05, 0) is 39.5 Å². The molecule has 0 radical (unpaired) electrons. The monoisotopic (exact) mass is 314 g/mol. The molecule has 1 saturated carbocycles. The molecule has 0 amide bonds. The van der Waals surface area contributed by atoms with Crippen molar-refractivity contribution < 1.29 is 9.84 Å². The van der Waals surface area contributed by atoms with Crippen LogP contribution in [0.5, 0.6) is 0 Å². The van der Waals surface area contributed by atoms with Gasteiger partial charge in [0.1, 0.15) is 6.10 Å². The van der Waals surface area contributed by atoms with Crippen molar-refractivity contribution in [3.8, 4) is 0 Å². The molecule has 1 aromatic rings. The maximum atomic E-state index is 10.9. The fraction of sp³-hybridized carbons (Fsp3) is 0.812. The van der Waals surface area contributed by atoms with Crippen LogP contribution in [0.1, 0.15) is 70.7 Å². The lowest BCUT2D eigenvalue weighted by atomic mass is 9.82. The van der Waals surface area contributed by atoms with Gasteiger partial charge in [-0.1, -0.05) is 30.9 Å². The fourth-order valence-corrected chi connectivity index (χ4v) is 3.58. The number of halogens is 1. The molecule has 2 unspecified atom stereocenters. The van der Waals surface area contributed by atoms with E-state index in [2.05, 4.69) is 5.10 Å². The molecule has 2 rings (SSSR count). The van der Waals surface area contributed by atoms with Crippen molar-refractivity contribution in [1.29, 1.82) is 0 Å². The van der Waals surface area contributed by atoms with Gasteiger partial charge in [0.25, 0.3) is 0 Å². The maximum absolute atomic E-state index is 10.9. The maximum Gasteiger partial charge on any atom is 0.123 e. The molecule has 1 N–H and O–H groups in total. The van der Waals surface area contributed by atoms with Crippen molar-refractivity contribution in [1.82, 2.24) is 9.78 Å². The Labute approximate surface area is 132 Å². The molecule has 21 heavy (non-hydrogen) atoms. The smallest absolute Gasteiger partial charge is 0.123 e. The van der Waals surface area contributed by atoms with E-state index < -0.39 is 6.10 Å². The van der Waals surface area contributed by atoms with E-state index in [0.29, 0.717) is 23.2 Å². The normalized spacial score (nSPS) is 19.9. The van der Waals surface area contributed by atoms with Gasteiger partial charge in [0.05, 0.1) is 23.0 Å². The molecule has 0 aliphatic heterocycles.